The SMILES string of the molecule is COc1ccccc1Nc1cc(NN=C(C)c2ccco2)nc(NN=C(C)c2ccco2)n1. The lowest BCUT2D eigenvalue weighted by molar-refractivity contribution is 0.417. The van der Waals surface area contributed by atoms with Gasteiger partial charge >= 0.3 is 0 Å². The minimum absolute atomic E-state index is 0.258. The Bertz CT molecular complexity index is 1180. The standard InChI is InChI=1S/C23H23N7O3/c1-15(18-10-6-12-32-18)27-29-22-14-21(24-17-8-4-5-9-20(17)31-3)25-23(26-22)30-28-16(2)19-11-7-13-33-19/h4-14H,1-3H3,(H3,24,25,26,29,30). The normalized spacial score (nSPS) is 11.8. The molecule has 0 saturated carbocycles. The van der Waals surface area contributed by atoms with E-state index in [0.717, 1.165) is 5.69 Å². The van der Waals surface area contributed by atoms with Crippen LogP contribution in [-0.2, 0) is 0 Å². The van der Waals surface area contributed by atoms with Crippen LogP contribution in [0.3, 0.4) is 0 Å². The number of aromatic nitrogens is 2. The van der Waals surface area contributed by atoms with Gasteiger partial charge in [0.2, 0.25) is 5.95 Å². The van der Waals surface area contributed by atoms with Crippen LogP contribution in [-0.4, -0.2) is 28.5 Å². The number of benzene rings is 1. The molecule has 3 heterocycles. The average Bonchev–Trinajstić information content (AvgIpc) is 3.56. The van der Waals surface area contributed by atoms with Gasteiger partial charge in [-0.1, -0.05) is 12.1 Å². The molecule has 4 rings (SSSR count). The third-order valence-corrected chi connectivity index (χ3v) is 4.51. The molecule has 0 atom stereocenters. The van der Waals surface area contributed by atoms with Crippen LogP contribution in [0.5, 0.6) is 5.75 Å². The number of ether oxygens (including phenoxy) is 1. The van der Waals surface area contributed by atoms with Crippen molar-refractivity contribution in [3.8, 4) is 5.75 Å². The maximum absolute atomic E-state index is 5.42. The van der Waals surface area contributed by atoms with Crippen molar-refractivity contribution >= 4 is 34.7 Å². The van der Waals surface area contributed by atoms with E-state index in [4.69, 9.17) is 13.6 Å². The van der Waals surface area contributed by atoms with E-state index in [1.165, 1.54) is 0 Å². The molecule has 33 heavy (non-hydrogen) atoms. The van der Waals surface area contributed by atoms with Gasteiger partial charge in [0.25, 0.3) is 0 Å². The summed E-state index contributed by atoms with van der Waals surface area (Å²) in [6.45, 7) is 3.65. The van der Waals surface area contributed by atoms with Gasteiger partial charge in [0.1, 0.15) is 34.5 Å². The summed E-state index contributed by atoms with van der Waals surface area (Å²) < 4.78 is 16.1. The molecule has 0 radical (unpaired) electrons. The van der Waals surface area contributed by atoms with Crippen LogP contribution in [0.25, 0.3) is 0 Å². The quantitative estimate of drug-likeness (QED) is 0.241. The molecule has 0 aliphatic rings. The number of anilines is 4. The van der Waals surface area contributed by atoms with E-state index in [1.54, 1.807) is 37.8 Å². The number of para-hydroxylation sites is 2. The predicted molar refractivity (Wildman–Crippen MR) is 127 cm³/mol. The molecule has 0 fully saturated rings. The molecule has 10 heteroatoms. The van der Waals surface area contributed by atoms with Crippen LogP contribution < -0.4 is 20.9 Å². The molecule has 0 saturated heterocycles. The van der Waals surface area contributed by atoms with Gasteiger partial charge in [-0.15, -0.1) is 0 Å². The van der Waals surface area contributed by atoms with Crippen molar-refractivity contribution in [2.24, 2.45) is 10.2 Å². The highest BCUT2D eigenvalue weighted by molar-refractivity contribution is 5.97. The van der Waals surface area contributed by atoms with Crippen molar-refractivity contribution in [3.63, 3.8) is 0 Å². The maximum atomic E-state index is 5.42. The van der Waals surface area contributed by atoms with Crippen molar-refractivity contribution in [2.45, 2.75) is 13.8 Å². The summed E-state index contributed by atoms with van der Waals surface area (Å²) >= 11 is 0. The number of furan rings is 2. The summed E-state index contributed by atoms with van der Waals surface area (Å²) in [6.07, 6.45) is 3.18. The lowest BCUT2D eigenvalue weighted by Crippen LogP contribution is -2.07. The summed E-state index contributed by atoms with van der Waals surface area (Å²) in [5, 5.41) is 11.9. The van der Waals surface area contributed by atoms with Gasteiger partial charge in [-0.05, 0) is 50.2 Å². The Morgan fingerprint density at radius 1 is 0.818 bits per heavy atom. The Hall–Kier alpha value is -4.60. The Labute approximate surface area is 190 Å². The Morgan fingerprint density at radius 3 is 2.09 bits per heavy atom. The van der Waals surface area contributed by atoms with Crippen molar-refractivity contribution in [1.82, 2.24) is 9.97 Å². The Kier molecular flexibility index (Phi) is 6.64. The monoisotopic (exact) mass is 445 g/mol. The molecule has 0 aliphatic heterocycles. The second-order valence-electron chi connectivity index (χ2n) is 6.86. The number of hydrazone groups is 2. The van der Waals surface area contributed by atoms with Gasteiger partial charge in [-0.2, -0.15) is 20.2 Å². The molecular formula is C23H23N7O3. The number of rotatable bonds is 9. The maximum Gasteiger partial charge on any atom is 0.247 e. The zero-order chi connectivity index (χ0) is 23.0. The van der Waals surface area contributed by atoms with Gasteiger partial charge in [-0.3, -0.25) is 5.43 Å². The van der Waals surface area contributed by atoms with Crippen LogP contribution in [0.2, 0.25) is 0 Å². The molecule has 0 bridgehead atoms. The fraction of sp³-hybridized carbons (Fsp3) is 0.130. The van der Waals surface area contributed by atoms with Crippen molar-refractivity contribution < 1.29 is 13.6 Å². The fourth-order valence-corrected chi connectivity index (χ4v) is 2.86. The molecule has 0 amide bonds. The number of nitrogens with zero attached hydrogens (tertiary/aromatic N) is 4. The van der Waals surface area contributed by atoms with E-state index in [0.29, 0.717) is 40.3 Å². The highest BCUT2D eigenvalue weighted by Gasteiger charge is 2.09. The molecular weight excluding hydrogens is 422 g/mol. The summed E-state index contributed by atoms with van der Waals surface area (Å²) in [4.78, 5) is 8.95. The zero-order valence-electron chi connectivity index (χ0n) is 18.4. The van der Waals surface area contributed by atoms with E-state index in [1.807, 2.05) is 50.2 Å². The van der Waals surface area contributed by atoms with Crippen molar-refractivity contribution in [3.05, 3.63) is 78.6 Å². The highest BCUT2D eigenvalue weighted by atomic mass is 16.5. The second kappa shape index (κ2) is 10.1. The highest BCUT2D eigenvalue weighted by Crippen LogP contribution is 2.27. The molecule has 3 N–H and O–H groups in total. The molecule has 0 spiro atoms. The fourth-order valence-electron chi connectivity index (χ4n) is 2.86. The number of hydrogen-bond acceptors (Lipinski definition) is 10. The lowest BCUT2D eigenvalue weighted by atomic mass is 10.3. The van der Waals surface area contributed by atoms with E-state index >= 15 is 0 Å². The van der Waals surface area contributed by atoms with Gasteiger partial charge in [0.15, 0.2) is 5.82 Å². The number of hydrogen-bond donors (Lipinski definition) is 3. The third kappa shape index (κ3) is 5.56. The Morgan fingerprint density at radius 2 is 1.45 bits per heavy atom. The topological polar surface area (TPSA) is 122 Å². The third-order valence-electron chi connectivity index (χ3n) is 4.51. The molecule has 1 aromatic carbocycles. The molecule has 168 valence electrons. The molecule has 0 unspecified atom stereocenters. The lowest BCUT2D eigenvalue weighted by Gasteiger charge is -2.12. The van der Waals surface area contributed by atoms with E-state index < -0.39 is 0 Å². The van der Waals surface area contributed by atoms with E-state index in [9.17, 15) is 0 Å². The van der Waals surface area contributed by atoms with E-state index in [-0.39, 0.29) is 5.95 Å². The first-order chi connectivity index (χ1) is 16.1. The van der Waals surface area contributed by atoms with Crippen molar-refractivity contribution in [1.29, 1.82) is 0 Å². The summed E-state index contributed by atoms with van der Waals surface area (Å²) in [6, 6.07) is 16.5. The first-order valence-electron chi connectivity index (χ1n) is 10.1. The summed E-state index contributed by atoms with van der Waals surface area (Å²) in [5.74, 6) is 3.19. The second-order valence-corrected chi connectivity index (χ2v) is 6.86. The number of nitrogens with one attached hydrogen (secondary N) is 3. The summed E-state index contributed by atoms with van der Waals surface area (Å²) in [7, 11) is 1.61. The van der Waals surface area contributed by atoms with Crippen molar-refractivity contribution in [2.75, 3.05) is 23.3 Å². The van der Waals surface area contributed by atoms with Gasteiger partial charge < -0.3 is 18.9 Å². The largest absolute Gasteiger partial charge is 0.495 e. The predicted octanol–water partition coefficient (Wildman–Crippen LogP) is 5.09. The van der Waals surface area contributed by atoms with Crippen LogP contribution in [0, 0.1) is 0 Å². The Balaban J connectivity index is 1.61. The zero-order valence-corrected chi connectivity index (χ0v) is 18.4. The van der Waals surface area contributed by atoms with Crippen LogP contribution in [0.15, 0.2) is 86.2 Å². The van der Waals surface area contributed by atoms with Gasteiger partial charge in [0.05, 0.1) is 25.3 Å². The van der Waals surface area contributed by atoms with Crippen LogP contribution in [0.4, 0.5) is 23.3 Å². The smallest absolute Gasteiger partial charge is 0.247 e. The molecule has 10 nitrogen and oxygen atoms in total. The van der Waals surface area contributed by atoms with Crippen LogP contribution in [0.1, 0.15) is 25.4 Å². The average molecular weight is 445 g/mol. The minimum Gasteiger partial charge on any atom is -0.495 e. The van der Waals surface area contributed by atoms with E-state index in [2.05, 4.69) is 36.3 Å². The van der Waals surface area contributed by atoms with Gasteiger partial charge in [0, 0.05) is 6.07 Å². The first kappa shape index (κ1) is 21.6. The molecule has 3 aromatic heterocycles. The first-order valence-corrected chi connectivity index (χ1v) is 10.1. The number of methoxy groups -OCH3 is 1. The summed E-state index contributed by atoms with van der Waals surface area (Å²) in [5.41, 5.74) is 7.88. The molecule has 0 aliphatic carbocycles. The minimum atomic E-state index is 0.258. The van der Waals surface area contributed by atoms with Crippen LogP contribution >= 0.6 is 0 Å². The van der Waals surface area contributed by atoms with Gasteiger partial charge in [-0.25, -0.2) is 5.43 Å². The molecule has 4 aromatic rings.